The molecule has 1 atom stereocenters. The minimum atomic E-state index is -0.340. The highest BCUT2D eigenvalue weighted by Gasteiger charge is 2.19. The third kappa shape index (κ3) is 5.46. The molecule has 1 amide bonds. The second kappa shape index (κ2) is 8.13. The van der Waals surface area contributed by atoms with Gasteiger partial charge in [-0.2, -0.15) is 0 Å². The molecule has 0 spiro atoms. The quantitative estimate of drug-likeness (QED) is 0.812. The molecule has 4 heteroatoms. The van der Waals surface area contributed by atoms with Crippen molar-refractivity contribution in [2.45, 2.75) is 51.5 Å². The van der Waals surface area contributed by atoms with Crippen LogP contribution in [0.4, 0.5) is 10.1 Å². The number of halogens is 1. The van der Waals surface area contributed by atoms with Crippen molar-refractivity contribution >= 4 is 11.6 Å². The Labute approximate surface area is 126 Å². The molecule has 0 radical (unpaired) electrons. The van der Waals surface area contributed by atoms with Gasteiger partial charge in [0.05, 0.1) is 6.54 Å². The maximum absolute atomic E-state index is 13.0. The van der Waals surface area contributed by atoms with Crippen LogP contribution in [0.25, 0.3) is 0 Å². The molecule has 0 unspecified atom stereocenters. The largest absolute Gasteiger partial charge is 0.325 e. The molecule has 0 aliphatic heterocycles. The van der Waals surface area contributed by atoms with Crippen LogP contribution < -0.4 is 10.6 Å². The molecule has 0 aromatic heterocycles. The van der Waals surface area contributed by atoms with Gasteiger partial charge in [0, 0.05) is 11.7 Å². The van der Waals surface area contributed by atoms with E-state index in [2.05, 4.69) is 17.6 Å². The van der Waals surface area contributed by atoms with Gasteiger partial charge in [0.2, 0.25) is 5.91 Å². The van der Waals surface area contributed by atoms with E-state index in [4.69, 9.17) is 0 Å². The van der Waals surface area contributed by atoms with Crippen molar-refractivity contribution in [3.05, 3.63) is 30.1 Å². The van der Waals surface area contributed by atoms with E-state index >= 15 is 0 Å². The first-order valence-electron chi connectivity index (χ1n) is 7.94. The molecule has 0 bridgehead atoms. The van der Waals surface area contributed by atoms with Crippen LogP contribution in [-0.4, -0.2) is 18.5 Å². The third-order valence-corrected chi connectivity index (χ3v) is 4.30. The van der Waals surface area contributed by atoms with Crippen LogP contribution in [0.5, 0.6) is 0 Å². The Hall–Kier alpha value is -1.42. The summed E-state index contributed by atoms with van der Waals surface area (Å²) >= 11 is 0. The number of hydrogen-bond acceptors (Lipinski definition) is 2. The van der Waals surface area contributed by atoms with Crippen molar-refractivity contribution in [1.29, 1.82) is 0 Å². The van der Waals surface area contributed by atoms with Crippen molar-refractivity contribution in [2.24, 2.45) is 5.92 Å². The summed E-state index contributed by atoms with van der Waals surface area (Å²) in [4.78, 5) is 11.9. The Morgan fingerprint density at radius 1 is 1.29 bits per heavy atom. The van der Waals surface area contributed by atoms with Gasteiger partial charge in [0.25, 0.3) is 0 Å². The molecule has 1 fully saturated rings. The second-order valence-corrected chi connectivity index (χ2v) is 5.98. The van der Waals surface area contributed by atoms with Crippen LogP contribution in [0.3, 0.4) is 0 Å². The number of amides is 1. The molecule has 1 aromatic carbocycles. The second-order valence-electron chi connectivity index (χ2n) is 5.98. The highest BCUT2D eigenvalue weighted by atomic mass is 19.1. The van der Waals surface area contributed by atoms with Gasteiger partial charge in [-0.3, -0.25) is 4.79 Å². The highest BCUT2D eigenvalue weighted by molar-refractivity contribution is 5.92. The molecule has 116 valence electrons. The van der Waals surface area contributed by atoms with E-state index in [0.717, 1.165) is 0 Å². The molecule has 0 saturated heterocycles. The number of carbonyl (C=O) groups is 1. The topological polar surface area (TPSA) is 41.1 Å². The first kappa shape index (κ1) is 16.0. The van der Waals surface area contributed by atoms with E-state index in [9.17, 15) is 9.18 Å². The van der Waals surface area contributed by atoms with Gasteiger partial charge in [-0.15, -0.1) is 0 Å². The predicted molar refractivity (Wildman–Crippen MR) is 83.7 cm³/mol. The van der Waals surface area contributed by atoms with Crippen molar-refractivity contribution < 1.29 is 9.18 Å². The number of benzene rings is 1. The summed E-state index contributed by atoms with van der Waals surface area (Å²) in [5.41, 5.74) is 0.504. The van der Waals surface area contributed by atoms with E-state index in [-0.39, 0.29) is 18.3 Å². The molecule has 1 aliphatic carbocycles. The molecule has 1 aliphatic rings. The summed E-state index contributed by atoms with van der Waals surface area (Å²) in [5.74, 6) is 0.197. The normalized spacial score (nSPS) is 18.0. The summed E-state index contributed by atoms with van der Waals surface area (Å²) in [7, 11) is 0. The van der Waals surface area contributed by atoms with Gasteiger partial charge in [-0.1, -0.05) is 31.7 Å². The number of anilines is 1. The summed E-state index contributed by atoms with van der Waals surface area (Å²) in [6.07, 6.45) is 7.77. The van der Waals surface area contributed by atoms with Gasteiger partial charge in [-0.25, -0.2) is 4.39 Å². The lowest BCUT2D eigenvalue weighted by Crippen LogP contribution is -2.38. The number of rotatable bonds is 5. The average molecular weight is 292 g/mol. The summed E-state index contributed by atoms with van der Waals surface area (Å²) < 4.78 is 13.0. The standard InChI is InChI=1S/C17H25FN2O/c1-13(14-7-4-2-3-5-8-14)19-12-17(21)20-16-10-6-9-15(18)11-16/h6,9-11,13-14,19H,2-5,7-8,12H2,1H3,(H,20,21)/t13-/m1/s1. The molecule has 3 nitrogen and oxygen atoms in total. The summed E-state index contributed by atoms with van der Waals surface area (Å²) in [5, 5.41) is 6.02. The van der Waals surface area contributed by atoms with E-state index in [1.54, 1.807) is 12.1 Å². The molecule has 0 heterocycles. The van der Waals surface area contributed by atoms with Crippen LogP contribution in [0.2, 0.25) is 0 Å². The summed E-state index contributed by atoms with van der Waals surface area (Å²) in [6, 6.07) is 6.32. The Morgan fingerprint density at radius 2 is 2.00 bits per heavy atom. The molecular formula is C17H25FN2O. The predicted octanol–water partition coefficient (Wildman–Crippen LogP) is 3.71. The maximum atomic E-state index is 13.0. The lowest BCUT2D eigenvalue weighted by Gasteiger charge is -2.23. The van der Waals surface area contributed by atoms with E-state index in [0.29, 0.717) is 17.6 Å². The van der Waals surface area contributed by atoms with E-state index in [1.807, 2.05) is 0 Å². The fraction of sp³-hybridized carbons (Fsp3) is 0.588. The van der Waals surface area contributed by atoms with Crippen molar-refractivity contribution in [3.63, 3.8) is 0 Å². The minimum absolute atomic E-state index is 0.124. The average Bonchev–Trinajstić information content (AvgIpc) is 2.74. The zero-order chi connectivity index (χ0) is 15.1. The molecule has 21 heavy (non-hydrogen) atoms. The molecule has 1 aromatic rings. The van der Waals surface area contributed by atoms with Crippen LogP contribution in [-0.2, 0) is 4.79 Å². The van der Waals surface area contributed by atoms with Crippen LogP contribution in [0.1, 0.15) is 45.4 Å². The summed E-state index contributed by atoms with van der Waals surface area (Å²) in [6.45, 7) is 2.43. The lowest BCUT2D eigenvalue weighted by molar-refractivity contribution is -0.115. The fourth-order valence-electron chi connectivity index (χ4n) is 3.00. The SMILES string of the molecule is C[C@@H](NCC(=O)Nc1cccc(F)c1)C1CCCCCC1. The smallest absolute Gasteiger partial charge is 0.238 e. The van der Waals surface area contributed by atoms with Crippen LogP contribution in [0.15, 0.2) is 24.3 Å². The van der Waals surface area contributed by atoms with Crippen LogP contribution in [0, 0.1) is 11.7 Å². The molecule has 2 N–H and O–H groups in total. The Bertz CT molecular complexity index is 456. The first-order chi connectivity index (χ1) is 10.1. The van der Waals surface area contributed by atoms with Crippen molar-refractivity contribution in [3.8, 4) is 0 Å². The Balaban J connectivity index is 1.75. The lowest BCUT2D eigenvalue weighted by atomic mass is 9.93. The zero-order valence-electron chi connectivity index (χ0n) is 12.7. The van der Waals surface area contributed by atoms with E-state index < -0.39 is 0 Å². The van der Waals surface area contributed by atoms with E-state index in [1.165, 1.54) is 50.7 Å². The number of carbonyl (C=O) groups excluding carboxylic acids is 1. The molecule has 2 rings (SSSR count). The van der Waals surface area contributed by atoms with Crippen LogP contribution >= 0.6 is 0 Å². The van der Waals surface area contributed by atoms with Gasteiger partial charge in [-0.05, 0) is 43.9 Å². The highest BCUT2D eigenvalue weighted by Crippen LogP contribution is 2.25. The first-order valence-corrected chi connectivity index (χ1v) is 7.94. The van der Waals surface area contributed by atoms with Gasteiger partial charge >= 0.3 is 0 Å². The Morgan fingerprint density at radius 3 is 2.67 bits per heavy atom. The number of hydrogen-bond donors (Lipinski definition) is 2. The monoisotopic (exact) mass is 292 g/mol. The minimum Gasteiger partial charge on any atom is -0.325 e. The number of nitrogens with one attached hydrogen (secondary N) is 2. The van der Waals surface area contributed by atoms with Gasteiger partial charge in [0.15, 0.2) is 0 Å². The Kier molecular flexibility index (Phi) is 6.18. The van der Waals surface area contributed by atoms with Crippen molar-refractivity contribution in [1.82, 2.24) is 5.32 Å². The van der Waals surface area contributed by atoms with Gasteiger partial charge < -0.3 is 10.6 Å². The van der Waals surface area contributed by atoms with Gasteiger partial charge in [0.1, 0.15) is 5.82 Å². The maximum Gasteiger partial charge on any atom is 0.238 e. The van der Waals surface area contributed by atoms with Crippen molar-refractivity contribution in [2.75, 3.05) is 11.9 Å². The third-order valence-electron chi connectivity index (χ3n) is 4.30. The molecule has 1 saturated carbocycles. The fourth-order valence-corrected chi connectivity index (χ4v) is 3.00. The molecular weight excluding hydrogens is 267 g/mol. The zero-order valence-corrected chi connectivity index (χ0v) is 12.7.